The minimum atomic E-state index is 0. The first-order valence-electron chi connectivity index (χ1n) is 3.41. The van der Waals surface area contributed by atoms with Crippen LogP contribution in [0.15, 0.2) is 0 Å². The first-order chi connectivity index (χ1) is 3.41. The fraction of sp³-hybridized carbons (Fsp3) is 1.00. The average molecular weight is 207 g/mol. The Labute approximate surface area is 83.5 Å². The number of unbranched alkanes of at least 4 members (excludes halogenated alkanes) is 4. The van der Waals surface area contributed by atoms with Crippen LogP contribution in [0.3, 0.4) is 0 Å². The highest BCUT2D eigenvalue weighted by Gasteiger charge is 1.80. The molecule has 0 unspecified atom stereocenters. The molecule has 0 amide bonds. The molecule has 2 nitrogen and oxygen atoms in total. The Morgan fingerprint density at radius 1 is 0.636 bits per heavy atom. The van der Waals surface area contributed by atoms with Gasteiger partial charge in [-0.25, -0.2) is 0 Å². The molecule has 0 aliphatic rings. The molecule has 0 spiro atoms. The summed E-state index contributed by atoms with van der Waals surface area (Å²) in [6.45, 7) is 4.49. The van der Waals surface area contributed by atoms with Crippen LogP contribution in [0.1, 0.15) is 46.0 Å². The quantitative estimate of drug-likeness (QED) is 0.680. The van der Waals surface area contributed by atoms with E-state index < -0.39 is 0 Å². The van der Waals surface area contributed by atoms with Crippen LogP contribution >= 0.6 is 24.8 Å². The van der Waals surface area contributed by atoms with Gasteiger partial charge in [0.15, 0.2) is 0 Å². The van der Waals surface area contributed by atoms with Gasteiger partial charge in [0.05, 0.1) is 0 Å². The van der Waals surface area contributed by atoms with Gasteiger partial charge in [-0.05, 0) is 0 Å². The van der Waals surface area contributed by atoms with Gasteiger partial charge in [0.1, 0.15) is 0 Å². The smallest absolute Gasteiger partial charge is 0.0533 e. The largest absolute Gasteiger partial charge is 0.344 e. The summed E-state index contributed by atoms with van der Waals surface area (Å²) < 4.78 is 0. The molecule has 0 aliphatic heterocycles. The zero-order chi connectivity index (χ0) is 5.54. The van der Waals surface area contributed by atoms with Crippen molar-refractivity contribution in [3.05, 3.63) is 0 Å². The van der Waals surface area contributed by atoms with Crippen molar-refractivity contribution in [1.82, 2.24) is 12.3 Å². The molecule has 0 atom stereocenters. The van der Waals surface area contributed by atoms with Crippen molar-refractivity contribution in [3.8, 4) is 0 Å². The van der Waals surface area contributed by atoms with Crippen molar-refractivity contribution in [2.75, 3.05) is 0 Å². The van der Waals surface area contributed by atoms with E-state index in [9.17, 15) is 0 Å². The van der Waals surface area contributed by atoms with E-state index in [2.05, 4.69) is 13.8 Å². The molecule has 6 N–H and O–H groups in total. The first-order valence-corrected chi connectivity index (χ1v) is 3.41. The molecule has 0 bridgehead atoms. The molecule has 76 valence electrons. The minimum Gasteiger partial charge on any atom is -0.344 e. The molecule has 0 aliphatic carbocycles. The van der Waals surface area contributed by atoms with E-state index in [1.165, 1.54) is 32.1 Å². The van der Waals surface area contributed by atoms with Crippen molar-refractivity contribution in [2.45, 2.75) is 46.0 Å². The van der Waals surface area contributed by atoms with Gasteiger partial charge in [-0.2, -0.15) is 0 Å². The standard InChI is InChI=1S/C7H16.2ClH.2H3N/c1-3-5-7-6-4-2;;;;/h3-7H2,1-2H3;2*1H;2*1H3. The molecule has 4 heteroatoms. The zero-order valence-corrected chi connectivity index (χ0v) is 9.40. The van der Waals surface area contributed by atoms with E-state index in [-0.39, 0.29) is 37.1 Å². The van der Waals surface area contributed by atoms with E-state index in [0.717, 1.165) is 0 Å². The van der Waals surface area contributed by atoms with Gasteiger partial charge in [-0.1, -0.05) is 46.0 Å². The second-order valence-corrected chi connectivity index (χ2v) is 2.06. The fourth-order valence-electron chi connectivity index (χ4n) is 0.677. The van der Waals surface area contributed by atoms with Gasteiger partial charge in [0.25, 0.3) is 0 Å². The third-order valence-corrected chi connectivity index (χ3v) is 1.21. The Kier molecular flexibility index (Phi) is 85.5. The summed E-state index contributed by atoms with van der Waals surface area (Å²) >= 11 is 0. The minimum absolute atomic E-state index is 0. The van der Waals surface area contributed by atoms with Gasteiger partial charge in [-0.3, -0.25) is 0 Å². The summed E-state index contributed by atoms with van der Waals surface area (Å²) in [6.07, 6.45) is 7.01. The van der Waals surface area contributed by atoms with Crippen LogP contribution in [-0.4, -0.2) is 0 Å². The van der Waals surface area contributed by atoms with Crippen LogP contribution in [0, 0.1) is 0 Å². The van der Waals surface area contributed by atoms with Gasteiger partial charge in [-0.15, -0.1) is 24.8 Å². The highest BCUT2D eigenvalue weighted by Crippen LogP contribution is 2.00. The summed E-state index contributed by atoms with van der Waals surface area (Å²) in [4.78, 5) is 0. The van der Waals surface area contributed by atoms with Gasteiger partial charge in [0, 0.05) is 0 Å². The van der Waals surface area contributed by atoms with Crippen molar-refractivity contribution in [3.63, 3.8) is 0 Å². The number of hydrogen-bond acceptors (Lipinski definition) is 2. The SMILES string of the molecule is CCCCCCC.Cl.Cl.N.N. The van der Waals surface area contributed by atoms with Crippen LogP contribution in [0.25, 0.3) is 0 Å². The number of hydrogen-bond donors (Lipinski definition) is 2. The third kappa shape index (κ3) is 37.5. The molecular formula is C7H24Cl2N2. The molecule has 0 fully saturated rings. The maximum Gasteiger partial charge on any atom is -0.0533 e. The average Bonchev–Trinajstić information content (AvgIpc) is 1.69. The van der Waals surface area contributed by atoms with Crippen LogP contribution in [0.2, 0.25) is 0 Å². The Bertz CT molecular complexity index is 33.6. The Balaban J connectivity index is -0.0000000300. The van der Waals surface area contributed by atoms with Gasteiger partial charge in [0.2, 0.25) is 0 Å². The van der Waals surface area contributed by atoms with Gasteiger partial charge >= 0.3 is 0 Å². The predicted molar refractivity (Wildman–Crippen MR) is 59.0 cm³/mol. The van der Waals surface area contributed by atoms with E-state index >= 15 is 0 Å². The van der Waals surface area contributed by atoms with E-state index in [1.807, 2.05) is 0 Å². The maximum absolute atomic E-state index is 2.25. The fourth-order valence-corrected chi connectivity index (χ4v) is 0.677. The molecule has 0 aromatic carbocycles. The topological polar surface area (TPSA) is 70.0 Å². The van der Waals surface area contributed by atoms with Crippen molar-refractivity contribution >= 4 is 24.8 Å². The van der Waals surface area contributed by atoms with Crippen molar-refractivity contribution in [1.29, 1.82) is 0 Å². The van der Waals surface area contributed by atoms with Crippen LogP contribution in [-0.2, 0) is 0 Å². The molecule has 0 saturated heterocycles. The van der Waals surface area contributed by atoms with E-state index in [0.29, 0.717) is 0 Å². The van der Waals surface area contributed by atoms with Crippen LogP contribution in [0.4, 0.5) is 0 Å². The number of halogens is 2. The predicted octanol–water partition coefficient (Wildman–Crippen LogP) is 4.14. The first kappa shape index (κ1) is 30.0. The molecular weight excluding hydrogens is 183 g/mol. The molecule has 0 aromatic heterocycles. The monoisotopic (exact) mass is 206 g/mol. The molecule has 0 rings (SSSR count). The van der Waals surface area contributed by atoms with Crippen molar-refractivity contribution < 1.29 is 0 Å². The summed E-state index contributed by atoms with van der Waals surface area (Å²) in [5, 5.41) is 0. The lowest BCUT2D eigenvalue weighted by Crippen LogP contribution is -1.70. The molecule has 11 heavy (non-hydrogen) atoms. The Hall–Kier alpha value is 0.500. The second kappa shape index (κ2) is 31.3. The zero-order valence-electron chi connectivity index (χ0n) is 7.77. The Morgan fingerprint density at radius 2 is 0.909 bits per heavy atom. The molecule has 0 heterocycles. The maximum atomic E-state index is 2.25. The van der Waals surface area contributed by atoms with Gasteiger partial charge < -0.3 is 12.3 Å². The lowest BCUT2D eigenvalue weighted by atomic mass is 10.2. The summed E-state index contributed by atoms with van der Waals surface area (Å²) in [6, 6.07) is 0. The lowest BCUT2D eigenvalue weighted by Gasteiger charge is -1.90. The summed E-state index contributed by atoms with van der Waals surface area (Å²) in [5.74, 6) is 0. The van der Waals surface area contributed by atoms with Crippen LogP contribution < -0.4 is 12.3 Å². The highest BCUT2D eigenvalue weighted by atomic mass is 35.5. The Morgan fingerprint density at radius 3 is 1.09 bits per heavy atom. The van der Waals surface area contributed by atoms with E-state index in [4.69, 9.17) is 0 Å². The normalized spacial score (nSPS) is 6.00. The number of rotatable bonds is 4. The van der Waals surface area contributed by atoms with Crippen molar-refractivity contribution in [2.24, 2.45) is 0 Å². The lowest BCUT2D eigenvalue weighted by molar-refractivity contribution is 0.656. The highest BCUT2D eigenvalue weighted by molar-refractivity contribution is 5.85. The molecule has 0 saturated carbocycles. The summed E-state index contributed by atoms with van der Waals surface area (Å²) in [5.41, 5.74) is 0. The molecule has 0 aromatic rings. The molecule has 0 radical (unpaired) electrons. The van der Waals surface area contributed by atoms with E-state index in [1.54, 1.807) is 0 Å². The van der Waals surface area contributed by atoms with Crippen LogP contribution in [0.5, 0.6) is 0 Å². The third-order valence-electron chi connectivity index (χ3n) is 1.21. The second-order valence-electron chi connectivity index (χ2n) is 2.06. The summed E-state index contributed by atoms with van der Waals surface area (Å²) in [7, 11) is 0.